The second-order valence-corrected chi connectivity index (χ2v) is 5.86. The first-order valence-corrected chi connectivity index (χ1v) is 7.24. The maximum atomic E-state index is 12.6. The fourth-order valence-electron chi connectivity index (χ4n) is 2.60. The number of carbonyl (C=O) groups excluding carboxylic acids is 1. The van der Waals surface area contributed by atoms with Gasteiger partial charge in [-0.1, -0.05) is 11.6 Å². The number of hydrogen-bond donors (Lipinski definition) is 1. The number of nitrogens with one attached hydrogen (secondary N) is 1. The Balaban J connectivity index is 2.19. The summed E-state index contributed by atoms with van der Waals surface area (Å²) in [6.07, 6.45) is 4.01. The number of nitrogens with zero attached hydrogens (tertiary/aromatic N) is 2. The van der Waals surface area contributed by atoms with Crippen LogP contribution in [0.2, 0.25) is 5.02 Å². The van der Waals surface area contributed by atoms with E-state index in [0.717, 1.165) is 25.9 Å². The van der Waals surface area contributed by atoms with E-state index in [1.54, 1.807) is 6.07 Å². The maximum absolute atomic E-state index is 12.6. The van der Waals surface area contributed by atoms with Gasteiger partial charge in [0, 0.05) is 31.4 Å². The Hall–Kier alpha value is -1.00. The molecule has 1 saturated heterocycles. The molecule has 4 nitrogen and oxygen atoms in total. The Labute approximate surface area is 119 Å². The molecular weight excluding hydrogens is 262 g/mol. The zero-order valence-electron chi connectivity index (χ0n) is 11.8. The van der Waals surface area contributed by atoms with Crippen LogP contribution in [0.25, 0.3) is 0 Å². The number of rotatable bonds is 3. The van der Waals surface area contributed by atoms with Gasteiger partial charge in [0.15, 0.2) is 0 Å². The monoisotopic (exact) mass is 283 g/mol. The van der Waals surface area contributed by atoms with Crippen LogP contribution in [-0.2, 0) is 0 Å². The van der Waals surface area contributed by atoms with Crippen molar-refractivity contribution in [2.75, 3.05) is 20.1 Å². The van der Waals surface area contributed by atoms with E-state index >= 15 is 0 Å². The van der Waals surface area contributed by atoms with Gasteiger partial charge in [-0.3, -0.25) is 4.79 Å². The van der Waals surface area contributed by atoms with Gasteiger partial charge in [0.25, 0.3) is 5.91 Å². The smallest absolute Gasteiger partial charge is 0.270 e. The maximum Gasteiger partial charge on any atom is 0.270 e. The van der Waals surface area contributed by atoms with Gasteiger partial charge < -0.3 is 14.8 Å². The summed E-state index contributed by atoms with van der Waals surface area (Å²) in [5, 5.41) is 3.88. The van der Waals surface area contributed by atoms with Crippen molar-refractivity contribution in [3.05, 3.63) is 23.0 Å². The van der Waals surface area contributed by atoms with Gasteiger partial charge in [-0.05, 0) is 39.8 Å². The van der Waals surface area contributed by atoms with Gasteiger partial charge in [0.05, 0.1) is 5.02 Å². The van der Waals surface area contributed by atoms with Crippen LogP contribution in [0.3, 0.4) is 0 Å². The SMILES string of the molecule is CNC1CCCN(C(=O)c2cc(Cl)cn2C(C)C)C1. The van der Waals surface area contributed by atoms with E-state index in [0.29, 0.717) is 16.8 Å². The third-order valence-electron chi connectivity index (χ3n) is 3.71. The van der Waals surface area contributed by atoms with Crippen LogP contribution in [-0.4, -0.2) is 41.6 Å². The van der Waals surface area contributed by atoms with Crippen molar-refractivity contribution in [2.24, 2.45) is 0 Å². The van der Waals surface area contributed by atoms with E-state index < -0.39 is 0 Å². The van der Waals surface area contributed by atoms with E-state index in [1.807, 2.05) is 22.7 Å². The first-order valence-electron chi connectivity index (χ1n) is 6.87. The molecule has 1 amide bonds. The van der Waals surface area contributed by atoms with E-state index in [9.17, 15) is 4.79 Å². The highest BCUT2D eigenvalue weighted by Gasteiger charge is 2.26. The highest BCUT2D eigenvalue weighted by Crippen LogP contribution is 2.21. The van der Waals surface area contributed by atoms with E-state index in [4.69, 9.17) is 11.6 Å². The van der Waals surface area contributed by atoms with Crippen LogP contribution in [0.15, 0.2) is 12.3 Å². The summed E-state index contributed by atoms with van der Waals surface area (Å²) in [6.45, 7) is 5.72. The zero-order valence-corrected chi connectivity index (χ0v) is 12.6. The first-order chi connectivity index (χ1) is 9.02. The highest BCUT2D eigenvalue weighted by atomic mass is 35.5. The summed E-state index contributed by atoms with van der Waals surface area (Å²) in [7, 11) is 1.95. The predicted octanol–water partition coefficient (Wildman–Crippen LogP) is 2.55. The van der Waals surface area contributed by atoms with Crippen molar-refractivity contribution < 1.29 is 4.79 Å². The number of aromatic nitrogens is 1. The molecule has 0 aliphatic carbocycles. The lowest BCUT2D eigenvalue weighted by atomic mass is 10.1. The van der Waals surface area contributed by atoms with Gasteiger partial charge >= 0.3 is 0 Å². The molecule has 0 spiro atoms. The molecule has 1 unspecified atom stereocenters. The standard InChI is InChI=1S/C14H22ClN3O/c1-10(2)18-8-11(15)7-13(18)14(19)17-6-4-5-12(9-17)16-3/h7-8,10,12,16H,4-6,9H2,1-3H3. The lowest BCUT2D eigenvalue weighted by molar-refractivity contribution is 0.0685. The quantitative estimate of drug-likeness (QED) is 0.926. The Morgan fingerprint density at radius 3 is 2.89 bits per heavy atom. The second-order valence-electron chi connectivity index (χ2n) is 5.42. The molecule has 1 aliphatic rings. The van der Waals surface area contributed by atoms with Gasteiger partial charge in [-0.15, -0.1) is 0 Å². The fraction of sp³-hybridized carbons (Fsp3) is 0.643. The van der Waals surface area contributed by atoms with Crippen molar-refractivity contribution in [1.82, 2.24) is 14.8 Å². The minimum Gasteiger partial charge on any atom is -0.339 e. The Morgan fingerprint density at radius 2 is 2.26 bits per heavy atom. The predicted molar refractivity (Wildman–Crippen MR) is 77.8 cm³/mol. The average Bonchev–Trinajstić information content (AvgIpc) is 2.80. The molecule has 5 heteroatoms. The third kappa shape index (κ3) is 3.12. The summed E-state index contributed by atoms with van der Waals surface area (Å²) in [5.41, 5.74) is 0.691. The summed E-state index contributed by atoms with van der Waals surface area (Å²) < 4.78 is 1.95. The Morgan fingerprint density at radius 1 is 1.53 bits per heavy atom. The van der Waals surface area contributed by atoms with E-state index in [-0.39, 0.29) is 11.9 Å². The topological polar surface area (TPSA) is 37.3 Å². The van der Waals surface area contributed by atoms with E-state index in [1.165, 1.54) is 0 Å². The summed E-state index contributed by atoms with van der Waals surface area (Å²) in [6, 6.07) is 2.40. The molecule has 19 heavy (non-hydrogen) atoms. The van der Waals surface area contributed by atoms with Crippen molar-refractivity contribution >= 4 is 17.5 Å². The Kier molecular flexibility index (Phi) is 4.53. The van der Waals surface area contributed by atoms with Gasteiger partial charge in [-0.25, -0.2) is 0 Å². The Bertz CT molecular complexity index is 456. The summed E-state index contributed by atoms with van der Waals surface area (Å²) in [5.74, 6) is 0.0838. The molecule has 0 radical (unpaired) electrons. The van der Waals surface area contributed by atoms with Crippen molar-refractivity contribution in [1.29, 1.82) is 0 Å². The molecule has 1 aliphatic heterocycles. The molecule has 0 aromatic carbocycles. The highest BCUT2D eigenvalue weighted by molar-refractivity contribution is 6.31. The van der Waals surface area contributed by atoms with E-state index in [2.05, 4.69) is 19.2 Å². The minimum absolute atomic E-state index is 0.0838. The van der Waals surface area contributed by atoms with Crippen molar-refractivity contribution in [3.8, 4) is 0 Å². The molecule has 1 atom stereocenters. The van der Waals surface area contributed by atoms with Crippen LogP contribution in [0.4, 0.5) is 0 Å². The summed E-state index contributed by atoms with van der Waals surface area (Å²) in [4.78, 5) is 14.5. The number of halogens is 1. The molecule has 106 valence electrons. The molecule has 1 fully saturated rings. The lowest BCUT2D eigenvalue weighted by Gasteiger charge is -2.33. The number of likely N-dealkylation sites (N-methyl/N-ethyl adjacent to an activating group) is 1. The van der Waals surface area contributed by atoms with Crippen molar-refractivity contribution in [3.63, 3.8) is 0 Å². The van der Waals surface area contributed by atoms with Crippen molar-refractivity contribution in [2.45, 2.75) is 38.8 Å². The number of amides is 1. The molecule has 0 bridgehead atoms. The first kappa shape index (κ1) is 14.4. The normalized spacial score (nSPS) is 20.1. The molecule has 2 rings (SSSR count). The molecule has 0 saturated carbocycles. The average molecular weight is 284 g/mol. The van der Waals surface area contributed by atoms with Gasteiger partial charge in [0.1, 0.15) is 5.69 Å². The minimum atomic E-state index is 0.0838. The van der Waals surface area contributed by atoms with Gasteiger partial charge in [-0.2, -0.15) is 0 Å². The lowest BCUT2D eigenvalue weighted by Crippen LogP contribution is -2.47. The van der Waals surface area contributed by atoms with Gasteiger partial charge in [0.2, 0.25) is 0 Å². The molecule has 2 heterocycles. The number of likely N-dealkylation sites (tertiary alicyclic amines) is 1. The molecule has 1 aromatic heterocycles. The van der Waals surface area contributed by atoms with Crippen LogP contribution in [0.1, 0.15) is 43.2 Å². The molecular formula is C14H22ClN3O. The largest absolute Gasteiger partial charge is 0.339 e. The van der Waals surface area contributed by atoms with Crippen LogP contribution < -0.4 is 5.32 Å². The molecule has 1 N–H and O–H groups in total. The number of carbonyl (C=O) groups is 1. The van der Waals surface area contributed by atoms with Crippen LogP contribution >= 0.6 is 11.6 Å². The fourth-order valence-corrected chi connectivity index (χ4v) is 2.81. The summed E-state index contributed by atoms with van der Waals surface area (Å²) >= 11 is 6.04. The van der Waals surface area contributed by atoms with Crippen LogP contribution in [0, 0.1) is 0 Å². The second kappa shape index (κ2) is 5.97. The zero-order chi connectivity index (χ0) is 14.0. The van der Waals surface area contributed by atoms with Crippen LogP contribution in [0.5, 0.6) is 0 Å². The third-order valence-corrected chi connectivity index (χ3v) is 3.91. The molecule has 1 aromatic rings. The number of hydrogen-bond acceptors (Lipinski definition) is 2. The number of piperidine rings is 1.